The Morgan fingerprint density at radius 1 is 1.21 bits per heavy atom. The largest absolute Gasteiger partial charge is 0.403 e. The van der Waals surface area contributed by atoms with Crippen molar-refractivity contribution in [3.63, 3.8) is 0 Å². The minimum atomic E-state index is -0.525. The molecule has 0 radical (unpaired) electrons. The van der Waals surface area contributed by atoms with Crippen LogP contribution >= 0.6 is 0 Å². The molecule has 1 aromatic rings. The van der Waals surface area contributed by atoms with Crippen LogP contribution in [0.5, 0.6) is 5.75 Å². The number of aldehydes is 1. The third-order valence-corrected chi connectivity index (χ3v) is 5.81. The van der Waals surface area contributed by atoms with Gasteiger partial charge in [-0.2, -0.15) is 0 Å². The average molecular weight is 406 g/mol. The number of benzene rings is 1. The van der Waals surface area contributed by atoms with Crippen molar-refractivity contribution in [1.82, 2.24) is 15.3 Å². The number of carbonyl (C=O) groups excluding carboxylic acids is 2. The summed E-state index contributed by atoms with van der Waals surface area (Å²) in [6, 6.07) is 1.72. The number of fused-ring (bicyclic) bond motifs is 1. The number of nitrogens with one attached hydrogen (secondary N) is 1. The van der Waals surface area contributed by atoms with Gasteiger partial charge < -0.3 is 19.4 Å². The second-order valence-electron chi connectivity index (χ2n) is 7.99. The Labute approximate surface area is 169 Å². The molecule has 0 saturated carbocycles. The van der Waals surface area contributed by atoms with Crippen LogP contribution in [0.15, 0.2) is 6.07 Å². The predicted octanol–water partition coefficient (Wildman–Crippen LogP) is 1.31. The van der Waals surface area contributed by atoms with Gasteiger partial charge in [0.1, 0.15) is 6.17 Å². The van der Waals surface area contributed by atoms with Gasteiger partial charge in [-0.05, 0) is 19.9 Å². The number of amides is 1. The van der Waals surface area contributed by atoms with Crippen molar-refractivity contribution in [3.05, 3.63) is 23.0 Å². The summed E-state index contributed by atoms with van der Waals surface area (Å²) in [6.07, 6.45) is 0.224. The molecule has 1 aromatic carbocycles. The van der Waals surface area contributed by atoms with Gasteiger partial charge in [-0.15, -0.1) is 5.48 Å². The molecule has 1 unspecified atom stereocenters. The third-order valence-electron chi connectivity index (χ3n) is 5.81. The molecule has 1 amide bonds. The standard InChI is InChI=1S/C20H27FN4O4/c1-12-9-25(10-13(2)28-12)18-15(11-26)8-16-19(17(18)21)29-22-20(16)24-6-4-23(5-7-24)14(3)27/h8,11-13,20,22H,4-7,9-10H2,1-3H3/t12-,13+,20?. The molecule has 3 heterocycles. The van der Waals surface area contributed by atoms with E-state index < -0.39 is 5.82 Å². The lowest BCUT2D eigenvalue weighted by Crippen LogP contribution is -2.51. The molecule has 3 aliphatic heterocycles. The average Bonchev–Trinajstić information content (AvgIpc) is 3.11. The van der Waals surface area contributed by atoms with Gasteiger partial charge >= 0.3 is 0 Å². The van der Waals surface area contributed by atoms with Gasteiger partial charge in [0.05, 0.1) is 17.9 Å². The number of carbonyl (C=O) groups is 2. The van der Waals surface area contributed by atoms with E-state index in [1.807, 2.05) is 18.7 Å². The minimum absolute atomic E-state index is 0.0496. The van der Waals surface area contributed by atoms with E-state index >= 15 is 4.39 Å². The van der Waals surface area contributed by atoms with Gasteiger partial charge in [-0.3, -0.25) is 14.5 Å². The van der Waals surface area contributed by atoms with Crippen LogP contribution in [0.1, 0.15) is 42.9 Å². The maximum Gasteiger partial charge on any atom is 0.219 e. The second kappa shape index (κ2) is 7.89. The summed E-state index contributed by atoms with van der Waals surface area (Å²) in [5, 5.41) is 0. The van der Waals surface area contributed by atoms with Gasteiger partial charge in [0, 0.05) is 57.3 Å². The first kappa shape index (κ1) is 20.1. The van der Waals surface area contributed by atoms with Crippen molar-refractivity contribution < 1.29 is 23.6 Å². The van der Waals surface area contributed by atoms with Crippen LogP contribution < -0.4 is 15.2 Å². The number of hydrogen-bond acceptors (Lipinski definition) is 7. The Balaban J connectivity index is 1.62. The maximum atomic E-state index is 15.5. The zero-order chi connectivity index (χ0) is 20.7. The highest BCUT2D eigenvalue weighted by molar-refractivity contribution is 5.87. The van der Waals surface area contributed by atoms with Gasteiger partial charge in [-0.25, -0.2) is 4.39 Å². The Hall–Kier alpha value is -2.23. The predicted molar refractivity (Wildman–Crippen MR) is 104 cm³/mol. The van der Waals surface area contributed by atoms with E-state index in [0.717, 1.165) is 0 Å². The molecule has 8 nitrogen and oxygen atoms in total. The topological polar surface area (TPSA) is 74.4 Å². The molecule has 3 atom stereocenters. The van der Waals surface area contributed by atoms with Crippen molar-refractivity contribution in [3.8, 4) is 5.75 Å². The summed E-state index contributed by atoms with van der Waals surface area (Å²) < 4.78 is 21.2. The summed E-state index contributed by atoms with van der Waals surface area (Å²) in [4.78, 5) is 34.7. The van der Waals surface area contributed by atoms with Crippen LogP contribution in [-0.4, -0.2) is 73.5 Å². The molecule has 4 rings (SSSR count). The van der Waals surface area contributed by atoms with E-state index in [9.17, 15) is 9.59 Å². The Kier molecular flexibility index (Phi) is 5.46. The smallest absolute Gasteiger partial charge is 0.219 e. The van der Waals surface area contributed by atoms with Crippen LogP contribution in [0.3, 0.4) is 0 Å². The van der Waals surface area contributed by atoms with E-state index in [4.69, 9.17) is 9.57 Å². The number of piperazine rings is 1. The number of hydrogen-bond donors (Lipinski definition) is 1. The highest BCUT2D eigenvalue weighted by Gasteiger charge is 2.37. The Bertz CT molecular complexity index is 802. The van der Waals surface area contributed by atoms with Crippen molar-refractivity contribution in [2.75, 3.05) is 44.2 Å². The summed E-state index contributed by atoms with van der Waals surface area (Å²) in [6.45, 7) is 8.92. The monoisotopic (exact) mass is 406 g/mol. The fraction of sp³-hybridized carbons (Fsp3) is 0.600. The first-order valence-electron chi connectivity index (χ1n) is 10.0. The quantitative estimate of drug-likeness (QED) is 0.759. The fourth-order valence-corrected chi connectivity index (χ4v) is 4.49. The number of nitrogens with zero attached hydrogens (tertiary/aromatic N) is 3. The molecular formula is C20H27FN4O4. The van der Waals surface area contributed by atoms with E-state index in [2.05, 4.69) is 10.4 Å². The normalized spacial score (nSPS) is 27.5. The molecule has 0 spiro atoms. The van der Waals surface area contributed by atoms with Gasteiger partial charge in [-0.1, -0.05) is 0 Å². The Morgan fingerprint density at radius 3 is 2.45 bits per heavy atom. The van der Waals surface area contributed by atoms with Gasteiger partial charge in [0.15, 0.2) is 17.9 Å². The van der Waals surface area contributed by atoms with Crippen molar-refractivity contribution in [2.24, 2.45) is 0 Å². The summed E-state index contributed by atoms with van der Waals surface area (Å²) in [5.74, 6) is -0.340. The lowest BCUT2D eigenvalue weighted by Gasteiger charge is -2.38. The number of anilines is 1. The zero-order valence-electron chi connectivity index (χ0n) is 17.0. The molecular weight excluding hydrogens is 379 g/mol. The van der Waals surface area contributed by atoms with Crippen LogP contribution in [0.25, 0.3) is 0 Å². The molecule has 158 valence electrons. The highest BCUT2D eigenvalue weighted by atomic mass is 19.1. The number of ether oxygens (including phenoxy) is 1. The van der Waals surface area contributed by atoms with E-state index in [1.165, 1.54) is 0 Å². The first-order valence-corrected chi connectivity index (χ1v) is 10.0. The summed E-state index contributed by atoms with van der Waals surface area (Å²) in [7, 11) is 0. The highest BCUT2D eigenvalue weighted by Crippen LogP contribution is 2.42. The van der Waals surface area contributed by atoms with E-state index in [0.29, 0.717) is 56.7 Å². The fourth-order valence-electron chi connectivity index (χ4n) is 4.49. The molecule has 3 aliphatic rings. The van der Waals surface area contributed by atoms with Crippen LogP contribution in [0.4, 0.5) is 10.1 Å². The van der Waals surface area contributed by atoms with Crippen LogP contribution in [-0.2, 0) is 9.53 Å². The zero-order valence-corrected chi connectivity index (χ0v) is 17.0. The third kappa shape index (κ3) is 3.70. The molecule has 1 N–H and O–H groups in total. The molecule has 0 bridgehead atoms. The lowest BCUT2D eigenvalue weighted by molar-refractivity contribution is -0.131. The molecule has 0 aliphatic carbocycles. The molecule has 2 fully saturated rings. The number of rotatable bonds is 3. The molecule has 0 aromatic heterocycles. The lowest BCUT2D eigenvalue weighted by atomic mass is 10.0. The summed E-state index contributed by atoms with van der Waals surface area (Å²) >= 11 is 0. The van der Waals surface area contributed by atoms with Crippen LogP contribution in [0, 0.1) is 5.82 Å². The molecule has 2 saturated heterocycles. The molecule has 29 heavy (non-hydrogen) atoms. The number of morpholine rings is 1. The van der Waals surface area contributed by atoms with E-state index in [-0.39, 0.29) is 35.7 Å². The second-order valence-corrected chi connectivity index (χ2v) is 7.99. The number of hydroxylamine groups is 1. The van der Waals surface area contributed by atoms with Crippen molar-refractivity contribution in [1.29, 1.82) is 0 Å². The van der Waals surface area contributed by atoms with Gasteiger partial charge in [0.2, 0.25) is 5.91 Å². The van der Waals surface area contributed by atoms with Crippen LogP contribution in [0.2, 0.25) is 0 Å². The van der Waals surface area contributed by atoms with Crippen molar-refractivity contribution in [2.45, 2.75) is 39.1 Å². The first-order chi connectivity index (χ1) is 13.9. The van der Waals surface area contributed by atoms with E-state index in [1.54, 1.807) is 17.9 Å². The van der Waals surface area contributed by atoms with Crippen molar-refractivity contribution >= 4 is 17.9 Å². The molecule has 9 heteroatoms. The maximum absolute atomic E-state index is 15.5. The minimum Gasteiger partial charge on any atom is -0.403 e. The summed E-state index contributed by atoms with van der Waals surface area (Å²) in [5.41, 5.74) is 4.08. The van der Waals surface area contributed by atoms with Gasteiger partial charge in [0.25, 0.3) is 0 Å². The SMILES string of the molecule is CC(=O)N1CCN(C2NOc3c2cc(C=O)c(N2C[C@@H](C)O[C@@H](C)C2)c3F)CC1. The number of halogens is 1. The Morgan fingerprint density at radius 2 is 1.86 bits per heavy atom.